The maximum atomic E-state index is 6.12. The molecule has 0 radical (unpaired) electrons. The molecule has 0 saturated heterocycles. The van der Waals surface area contributed by atoms with Gasteiger partial charge in [0.15, 0.2) is 0 Å². The molecule has 0 aliphatic heterocycles. The Bertz CT molecular complexity index is 161. The molecule has 0 spiro atoms. The summed E-state index contributed by atoms with van der Waals surface area (Å²) in [6.07, 6.45) is 3.89. The molecule has 2 heteroatoms. The van der Waals surface area contributed by atoms with Gasteiger partial charge in [0, 0.05) is 0 Å². The van der Waals surface area contributed by atoms with Gasteiger partial charge in [0.2, 0.25) is 0 Å². The minimum atomic E-state index is -1.64. The Morgan fingerprint density at radius 1 is 0.857 bits per heavy atom. The summed E-state index contributed by atoms with van der Waals surface area (Å²) in [7, 11) is -1.64. The molecule has 0 aromatic carbocycles. The van der Waals surface area contributed by atoms with Crippen molar-refractivity contribution >= 4 is 8.32 Å². The van der Waals surface area contributed by atoms with Gasteiger partial charge in [0.05, 0.1) is 6.26 Å². The smallest absolute Gasteiger partial charge is 0.257 e. The van der Waals surface area contributed by atoms with Crippen LogP contribution in [0.15, 0.2) is 12.3 Å². The van der Waals surface area contributed by atoms with E-state index in [1.54, 1.807) is 0 Å². The highest BCUT2D eigenvalue weighted by atomic mass is 28.4. The standard InChI is InChI=1S/C12H26OSi/c1-8-9-13-14(10(2)3,11(4)5)12(6)7/h8-12H,1-7H3/b9-8+. The molecule has 0 aliphatic rings. The summed E-state index contributed by atoms with van der Waals surface area (Å²) >= 11 is 0. The molecule has 1 nitrogen and oxygen atoms in total. The zero-order chi connectivity index (χ0) is 11.4. The van der Waals surface area contributed by atoms with Crippen molar-refractivity contribution in [3.05, 3.63) is 12.3 Å². The van der Waals surface area contributed by atoms with Crippen molar-refractivity contribution in [1.82, 2.24) is 0 Å². The molecule has 0 rings (SSSR count). The zero-order valence-corrected chi connectivity index (χ0v) is 11.8. The first-order valence-electron chi connectivity index (χ1n) is 5.68. The first-order chi connectivity index (χ1) is 6.39. The van der Waals surface area contributed by atoms with E-state index in [-0.39, 0.29) is 0 Å². The molecule has 0 aliphatic carbocycles. The highest BCUT2D eigenvalue weighted by Gasteiger charge is 2.46. The Hall–Kier alpha value is -0.243. The van der Waals surface area contributed by atoms with E-state index in [9.17, 15) is 0 Å². The van der Waals surface area contributed by atoms with Crippen LogP contribution >= 0.6 is 0 Å². The first kappa shape index (κ1) is 13.8. The lowest BCUT2D eigenvalue weighted by atomic mass is 10.5. The van der Waals surface area contributed by atoms with Crippen LogP contribution in [0.4, 0.5) is 0 Å². The molecule has 0 amide bonds. The Balaban J connectivity index is 4.94. The van der Waals surface area contributed by atoms with Crippen molar-refractivity contribution in [1.29, 1.82) is 0 Å². The minimum Gasteiger partial charge on any atom is -0.548 e. The van der Waals surface area contributed by atoms with Gasteiger partial charge >= 0.3 is 0 Å². The highest BCUT2D eigenvalue weighted by molar-refractivity contribution is 6.77. The van der Waals surface area contributed by atoms with Crippen LogP contribution in [-0.4, -0.2) is 8.32 Å². The van der Waals surface area contributed by atoms with Gasteiger partial charge in [-0.3, -0.25) is 0 Å². The SMILES string of the molecule is C/C=C/O[Si](C(C)C)(C(C)C)C(C)C. The Kier molecular flexibility index (Phi) is 5.50. The number of hydrogen-bond acceptors (Lipinski definition) is 1. The molecular weight excluding hydrogens is 188 g/mol. The molecule has 84 valence electrons. The molecule has 0 bridgehead atoms. The van der Waals surface area contributed by atoms with Crippen molar-refractivity contribution in [2.45, 2.75) is 65.1 Å². The molecule has 0 atom stereocenters. The molecule has 14 heavy (non-hydrogen) atoms. The molecule has 0 N–H and O–H groups in total. The Morgan fingerprint density at radius 3 is 1.43 bits per heavy atom. The molecule has 0 fully saturated rings. The fraction of sp³-hybridized carbons (Fsp3) is 0.833. The largest absolute Gasteiger partial charge is 0.548 e. The van der Waals surface area contributed by atoms with Crippen LogP contribution in [0, 0.1) is 0 Å². The van der Waals surface area contributed by atoms with Crippen LogP contribution in [0.25, 0.3) is 0 Å². The summed E-state index contributed by atoms with van der Waals surface area (Å²) in [5.41, 5.74) is 2.00. The van der Waals surface area contributed by atoms with Gasteiger partial charge in [-0.05, 0) is 23.5 Å². The van der Waals surface area contributed by atoms with Gasteiger partial charge in [0.1, 0.15) is 0 Å². The number of rotatable bonds is 5. The van der Waals surface area contributed by atoms with Crippen LogP contribution in [0.3, 0.4) is 0 Å². The second-order valence-electron chi connectivity index (χ2n) is 4.90. The fourth-order valence-electron chi connectivity index (χ4n) is 2.59. The Morgan fingerprint density at radius 2 is 1.21 bits per heavy atom. The number of hydrogen-bond donors (Lipinski definition) is 0. The van der Waals surface area contributed by atoms with Crippen LogP contribution in [-0.2, 0) is 4.43 Å². The van der Waals surface area contributed by atoms with Crippen molar-refractivity contribution in [2.24, 2.45) is 0 Å². The molecule has 0 aromatic heterocycles. The maximum Gasteiger partial charge on any atom is 0.257 e. The summed E-state index contributed by atoms with van der Waals surface area (Å²) < 4.78 is 6.12. The predicted molar refractivity (Wildman–Crippen MR) is 66.9 cm³/mol. The molecule has 0 heterocycles. The topological polar surface area (TPSA) is 9.23 Å². The van der Waals surface area contributed by atoms with E-state index in [0.29, 0.717) is 16.6 Å². The van der Waals surface area contributed by atoms with Gasteiger partial charge in [0.25, 0.3) is 8.32 Å². The van der Waals surface area contributed by atoms with E-state index in [4.69, 9.17) is 4.43 Å². The maximum absolute atomic E-state index is 6.12. The van der Waals surface area contributed by atoms with Gasteiger partial charge in [-0.15, -0.1) is 0 Å². The lowest BCUT2D eigenvalue weighted by Gasteiger charge is -2.41. The first-order valence-corrected chi connectivity index (χ1v) is 7.82. The molecule has 0 aromatic rings. The molecular formula is C12H26OSi. The van der Waals surface area contributed by atoms with E-state index in [1.165, 1.54) is 0 Å². The average molecular weight is 214 g/mol. The van der Waals surface area contributed by atoms with Gasteiger partial charge in [-0.25, -0.2) is 0 Å². The third-order valence-electron chi connectivity index (χ3n) is 3.12. The van der Waals surface area contributed by atoms with Gasteiger partial charge in [-0.1, -0.05) is 47.6 Å². The average Bonchev–Trinajstić information content (AvgIpc) is 2.03. The molecule has 0 saturated carbocycles. The van der Waals surface area contributed by atoms with E-state index in [0.717, 1.165) is 0 Å². The van der Waals surface area contributed by atoms with Crippen molar-refractivity contribution in [3.63, 3.8) is 0 Å². The van der Waals surface area contributed by atoms with Crippen molar-refractivity contribution in [3.8, 4) is 0 Å². The summed E-state index contributed by atoms with van der Waals surface area (Å²) in [6, 6.07) is 0. The second-order valence-corrected chi connectivity index (χ2v) is 10.3. The third-order valence-corrected chi connectivity index (χ3v) is 9.07. The third kappa shape index (κ3) is 2.63. The van der Waals surface area contributed by atoms with Crippen LogP contribution < -0.4 is 0 Å². The van der Waals surface area contributed by atoms with Crippen LogP contribution in [0.5, 0.6) is 0 Å². The van der Waals surface area contributed by atoms with Crippen molar-refractivity contribution in [2.75, 3.05) is 0 Å². The van der Waals surface area contributed by atoms with Crippen LogP contribution in [0.2, 0.25) is 16.6 Å². The second kappa shape index (κ2) is 5.59. The van der Waals surface area contributed by atoms with E-state index >= 15 is 0 Å². The van der Waals surface area contributed by atoms with E-state index in [1.807, 2.05) is 19.3 Å². The van der Waals surface area contributed by atoms with Gasteiger partial charge in [-0.2, -0.15) is 0 Å². The predicted octanol–water partition coefficient (Wildman–Crippen LogP) is 4.71. The summed E-state index contributed by atoms with van der Waals surface area (Å²) in [4.78, 5) is 0. The monoisotopic (exact) mass is 214 g/mol. The van der Waals surface area contributed by atoms with E-state index < -0.39 is 8.32 Å². The molecule has 0 unspecified atom stereocenters. The normalized spacial score (nSPS) is 13.6. The lowest BCUT2D eigenvalue weighted by molar-refractivity contribution is 0.416. The zero-order valence-electron chi connectivity index (χ0n) is 10.8. The van der Waals surface area contributed by atoms with E-state index in [2.05, 4.69) is 41.5 Å². The summed E-state index contributed by atoms with van der Waals surface area (Å²) in [5.74, 6) is 0. The van der Waals surface area contributed by atoms with Gasteiger partial charge < -0.3 is 4.43 Å². The number of allylic oxidation sites excluding steroid dienone is 1. The highest BCUT2D eigenvalue weighted by Crippen LogP contribution is 2.42. The van der Waals surface area contributed by atoms with Crippen molar-refractivity contribution < 1.29 is 4.43 Å². The lowest BCUT2D eigenvalue weighted by Crippen LogP contribution is -2.46. The summed E-state index contributed by atoms with van der Waals surface area (Å²) in [6.45, 7) is 15.8. The summed E-state index contributed by atoms with van der Waals surface area (Å²) in [5, 5.41) is 0. The Labute approximate surface area is 90.7 Å². The fourth-order valence-corrected chi connectivity index (χ4v) is 7.78. The van der Waals surface area contributed by atoms with Crippen LogP contribution in [0.1, 0.15) is 48.5 Å². The quantitative estimate of drug-likeness (QED) is 0.475. The minimum absolute atomic E-state index is 0.665.